The van der Waals surface area contributed by atoms with Gasteiger partial charge in [-0.25, -0.2) is 0 Å². The van der Waals surface area contributed by atoms with Crippen molar-refractivity contribution in [2.75, 3.05) is 29.4 Å². The van der Waals surface area contributed by atoms with Crippen molar-refractivity contribution in [3.63, 3.8) is 0 Å². The zero-order valence-electron chi connectivity index (χ0n) is 11.6. The molecule has 3 rings (SSSR count). The van der Waals surface area contributed by atoms with E-state index in [1.165, 1.54) is 18.5 Å². The summed E-state index contributed by atoms with van der Waals surface area (Å²) in [5.41, 5.74) is 2.13. The first-order chi connectivity index (χ1) is 9.65. The number of carbonyl (C=O) groups excluding carboxylic acids is 2. The van der Waals surface area contributed by atoms with E-state index in [0.29, 0.717) is 0 Å². The van der Waals surface area contributed by atoms with Gasteiger partial charge in [-0.1, -0.05) is 0 Å². The van der Waals surface area contributed by atoms with Crippen molar-refractivity contribution >= 4 is 23.2 Å². The Morgan fingerprint density at radius 1 is 1.05 bits per heavy atom. The fourth-order valence-corrected chi connectivity index (χ4v) is 2.86. The molecule has 5 heteroatoms. The molecule has 1 unspecified atom stereocenters. The van der Waals surface area contributed by atoms with Crippen LogP contribution in [-0.4, -0.2) is 37.5 Å². The predicted molar refractivity (Wildman–Crippen MR) is 77.8 cm³/mol. The number of hydrogen-bond acceptors (Lipinski definition) is 4. The van der Waals surface area contributed by atoms with E-state index in [1.54, 1.807) is 0 Å². The molecule has 106 valence electrons. The van der Waals surface area contributed by atoms with Gasteiger partial charge in [-0.05, 0) is 44.0 Å². The second kappa shape index (κ2) is 5.15. The van der Waals surface area contributed by atoms with Gasteiger partial charge < -0.3 is 9.80 Å². The second-order valence-corrected chi connectivity index (χ2v) is 5.43. The van der Waals surface area contributed by atoms with Crippen LogP contribution in [0.4, 0.5) is 11.4 Å². The third-order valence-corrected chi connectivity index (χ3v) is 4.08. The minimum absolute atomic E-state index is 0.232. The summed E-state index contributed by atoms with van der Waals surface area (Å²) >= 11 is 0. The highest BCUT2D eigenvalue weighted by molar-refractivity contribution is 6.04. The Hall–Kier alpha value is -2.04. The van der Waals surface area contributed by atoms with E-state index in [2.05, 4.69) is 22.3 Å². The van der Waals surface area contributed by atoms with Crippen molar-refractivity contribution in [2.24, 2.45) is 0 Å². The Balaban J connectivity index is 1.79. The van der Waals surface area contributed by atoms with E-state index in [-0.39, 0.29) is 24.4 Å². The molecule has 0 bridgehead atoms. The van der Waals surface area contributed by atoms with Gasteiger partial charge in [0.2, 0.25) is 11.8 Å². The summed E-state index contributed by atoms with van der Waals surface area (Å²) < 4.78 is 0. The number of hydrogen-bond donors (Lipinski definition) is 1. The van der Waals surface area contributed by atoms with Gasteiger partial charge >= 0.3 is 0 Å². The summed E-state index contributed by atoms with van der Waals surface area (Å²) in [6.45, 7) is 4.27. The molecule has 2 amide bonds. The Kier molecular flexibility index (Phi) is 3.34. The fourth-order valence-electron chi connectivity index (χ4n) is 2.86. The molecule has 2 aliphatic heterocycles. The van der Waals surface area contributed by atoms with Crippen LogP contribution in [0.2, 0.25) is 0 Å². The lowest BCUT2D eigenvalue weighted by Gasteiger charge is -2.33. The number of imide groups is 1. The van der Waals surface area contributed by atoms with Crippen molar-refractivity contribution in [2.45, 2.75) is 25.8 Å². The molecular weight excluding hydrogens is 254 g/mol. The van der Waals surface area contributed by atoms with Gasteiger partial charge in [0, 0.05) is 24.5 Å². The molecule has 0 saturated carbocycles. The molecule has 1 aromatic rings. The van der Waals surface area contributed by atoms with Crippen LogP contribution in [0.5, 0.6) is 0 Å². The third-order valence-electron chi connectivity index (χ3n) is 4.08. The maximum Gasteiger partial charge on any atom is 0.249 e. The SMILES string of the molecule is CC1C(=O)NC(=O)CN1c1ccc(N2CCCC2)cc1. The number of rotatable bonds is 2. The normalized spacial score (nSPS) is 23.1. The summed E-state index contributed by atoms with van der Waals surface area (Å²) in [5.74, 6) is -0.471. The average molecular weight is 273 g/mol. The molecule has 1 N–H and O–H groups in total. The standard InChI is InChI=1S/C15H19N3O2/c1-11-15(20)16-14(19)10-18(11)13-6-4-12(5-7-13)17-8-2-3-9-17/h4-7,11H,2-3,8-10H2,1H3,(H,16,19,20). The highest BCUT2D eigenvalue weighted by atomic mass is 16.2. The quantitative estimate of drug-likeness (QED) is 0.821. The monoisotopic (exact) mass is 273 g/mol. The Morgan fingerprint density at radius 3 is 2.30 bits per heavy atom. The van der Waals surface area contributed by atoms with Crippen LogP contribution >= 0.6 is 0 Å². The van der Waals surface area contributed by atoms with Crippen LogP contribution in [0.25, 0.3) is 0 Å². The molecule has 2 saturated heterocycles. The van der Waals surface area contributed by atoms with E-state index in [9.17, 15) is 9.59 Å². The lowest BCUT2D eigenvalue weighted by atomic mass is 10.1. The summed E-state index contributed by atoms with van der Waals surface area (Å²) in [6.07, 6.45) is 2.50. The van der Waals surface area contributed by atoms with Crippen LogP contribution < -0.4 is 15.1 Å². The van der Waals surface area contributed by atoms with Crippen LogP contribution in [-0.2, 0) is 9.59 Å². The van der Waals surface area contributed by atoms with Crippen molar-refractivity contribution in [3.05, 3.63) is 24.3 Å². The number of amides is 2. The van der Waals surface area contributed by atoms with Gasteiger partial charge in [0.1, 0.15) is 6.04 Å². The van der Waals surface area contributed by atoms with Crippen LogP contribution in [0.1, 0.15) is 19.8 Å². The van der Waals surface area contributed by atoms with E-state index in [1.807, 2.05) is 24.0 Å². The van der Waals surface area contributed by atoms with E-state index < -0.39 is 0 Å². The Bertz CT molecular complexity index is 520. The molecule has 2 aliphatic rings. The first-order valence-electron chi connectivity index (χ1n) is 7.10. The Morgan fingerprint density at radius 2 is 1.65 bits per heavy atom. The summed E-state index contributed by atoms with van der Waals surface area (Å²) in [7, 11) is 0. The van der Waals surface area contributed by atoms with E-state index >= 15 is 0 Å². The molecular formula is C15H19N3O2. The first kappa shape index (κ1) is 13.0. The number of nitrogens with one attached hydrogen (secondary N) is 1. The van der Waals surface area contributed by atoms with Gasteiger partial charge in [0.15, 0.2) is 0 Å². The lowest BCUT2D eigenvalue weighted by Crippen LogP contribution is -2.57. The Labute approximate surface area is 118 Å². The van der Waals surface area contributed by atoms with Gasteiger partial charge in [-0.15, -0.1) is 0 Å². The van der Waals surface area contributed by atoms with Crippen LogP contribution in [0.15, 0.2) is 24.3 Å². The minimum Gasteiger partial charge on any atom is -0.372 e. The lowest BCUT2D eigenvalue weighted by molar-refractivity contribution is -0.132. The molecule has 1 atom stereocenters. The van der Waals surface area contributed by atoms with Gasteiger partial charge in [0.05, 0.1) is 6.54 Å². The van der Waals surface area contributed by atoms with Crippen molar-refractivity contribution < 1.29 is 9.59 Å². The first-order valence-corrected chi connectivity index (χ1v) is 7.10. The van der Waals surface area contributed by atoms with Crippen molar-refractivity contribution in [1.82, 2.24) is 5.32 Å². The third kappa shape index (κ3) is 2.35. The molecule has 0 radical (unpaired) electrons. The highest BCUT2D eigenvalue weighted by Gasteiger charge is 2.30. The van der Waals surface area contributed by atoms with Gasteiger partial charge in [-0.2, -0.15) is 0 Å². The van der Waals surface area contributed by atoms with E-state index in [4.69, 9.17) is 0 Å². The molecule has 0 aliphatic carbocycles. The molecule has 0 spiro atoms. The maximum absolute atomic E-state index is 11.7. The zero-order chi connectivity index (χ0) is 14.1. The molecule has 2 fully saturated rings. The molecule has 0 aromatic heterocycles. The largest absolute Gasteiger partial charge is 0.372 e. The summed E-state index contributed by atoms with van der Waals surface area (Å²) in [4.78, 5) is 27.4. The van der Waals surface area contributed by atoms with Crippen molar-refractivity contribution in [3.8, 4) is 0 Å². The predicted octanol–water partition coefficient (Wildman–Crippen LogP) is 1.14. The van der Waals surface area contributed by atoms with Gasteiger partial charge in [-0.3, -0.25) is 14.9 Å². The zero-order valence-corrected chi connectivity index (χ0v) is 11.6. The van der Waals surface area contributed by atoms with E-state index in [0.717, 1.165) is 18.8 Å². The average Bonchev–Trinajstić information content (AvgIpc) is 2.97. The highest BCUT2D eigenvalue weighted by Crippen LogP contribution is 2.25. The molecule has 5 nitrogen and oxygen atoms in total. The molecule has 2 heterocycles. The molecule has 1 aromatic carbocycles. The topological polar surface area (TPSA) is 52.7 Å². The second-order valence-electron chi connectivity index (χ2n) is 5.43. The van der Waals surface area contributed by atoms with Gasteiger partial charge in [0.25, 0.3) is 0 Å². The molecule has 20 heavy (non-hydrogen) atoms. The number of carbonyl (C=O) groups is 2. The van der Waals surface area contributed by atoms with Crippen LogP contribution in [0, 0.1) is 0 Å². The van der Waals surface area contributed by atoms with Crippen LogP contribution in [0.3, 0.4) is 0 Å². The van der Waals surface area contributed by atoms with Crippen molar-refractivity contribution in [1.29, 1.82) is 0 Å². The minimum atomic E-state index is -0.315. The number of piperazine rings is 1. The summed E-state index contributed by atoms with van der Waals surface area (Å²) in [6, 6.07) is 7.83. The summed E-state index contributed by atoms with van der Waals surface area (Å²) in [5, 5.41) is 2.36. The maximum atomic E-state index is 11.7. The fraction of sp³-hybridized carbons (Fsp3) is 0.467. The smallest absolute Gasteiger partial charge is 0.249 e. The number of nitrogens with zero attached hydrogens (tertiary/aromatic N) is 2. The number of anilines is 2. The number of benzene rings is 1.